The zero-order chi connectivity index (χ0) is 19.9. The van der Waals surface area contributed by atoms with E-state index in [2.05, 4.69) is 26.6 Å². The van der Waals surface area contributed by atoms with E-state index in [9.17, 15) is 18.0 Å². The van der Waals surface area contributed by atoms with Gasteiger partial charge in [-0.05, 0) is 59.5 Å². The molecule has 0 spiro atoms. The third-order valence-corrected chi connectivity index (χ3v) is 6.95. The van der Waals surface area contributed by atoms with Crippen molar-refractivity contribution in [1.29, 1.82) is 0 Å². The molecule has 1 unspecified atom stereocenters. The summed E-state index contributed by atoms with van der Waals surface area (Å²) in [5.41, 5.74) is 0.344. The Labute approximate surface area is 170 Å². The van der Waals surface area contributed by atoms with Gasteiger partial charge in [-0.15, -0.1) is 0 Å². The van der Waals surface area contributed by atoms with Gasteiger partial charge in [-0.2, -0.15) is 0 Å². The maximum Gasteiger partial charge on any atom is 0.273 e. The molecule has 3 heterocycles. The van der Waals surface area contributed by atoms with Gasteiger partial charge in [0.25, 0.3) is 21.8 Å². The van der Waals surface area contributed by atoms with Gasteiger partial charge in [0, 0.05) is 29.4 Å². The number of benzene rings is 1. The molecule has 0 saturated carbocycles. The Bertz CT molecular complexity index is 1060. The summed E-state index contributed by atoms with van der Waals surface area (Å²) in [4.78, 5) is 24.8. The Balaban J connectivity index is 1.57. The van der Waals surface area contributed by atoms with Gasteiger partial charge in [0.1, 0.15) is 10.6 Å². The molecule has 0 aliphatic carbocycles. The van der Waals surface area contributed by atoms with Crippen LogP contribution in [-0.4, -0.2) is 43.5 Å². The number of fused-ring (bicyclic) bond motifs is 2. The molecule has 2 aliphatic rings. The number of anilines is 1. The van der Waals surface area contributed by atoms with E-state index in [0.29, 0.717) is 11.0 Å². The normalized spacial score (nSPS) is 20.0. The standard InChI is InChI=1S/C18H18BrN3O5S/c19-12-9-15-18(24)21-14-8-11(3-4-16(14)28(25,26)22(15)10-12)17(23)20-6-5-13-2-1-7-27-13/h3-4,8-10,13H,1-2,5-7H2,(H,20,23)(H,21,24). The summed E-state index contributed by atoms with van der Waals surface area (Å²) < 4.78 is 32.8. The van der Waals surface area contributed by atoms with E-state index < -0.39 is 15.9 Å². The number of aromatic nitrogens is 1. The molecule has 0 bridgehead atoms. The smallest absolute Gasteiger partial charge is 0.273 e. The Morgan fingerprint density at radius 2 is 2.18 bits per heavy atom. The summed E-state index contributed by atoms with van der Waals surface area (Å²) in [6.45, 7) is 1.22. The number of amides is 2. The van der Waals surface area contributed by atoms with Crippen LogP contribution < -0.4 is 10.6 Å². The van der Waals surface area contributed by atoms with Crippen molar-refractivity contribution in [2.24, 2.45) is 0 Å². The molecule has 2 aliphatic heterocycles. The van der Waals surface area contributed by atoms with Gasteiger partial charge < -0.3 is 15.4 Å². The minimum absolute atomic E-state index is 0.00867. The molecule has 1 fully saturated rings. The minimum Gasteiger partial charge on any atom is -0.378 e. The number of halogens is 1. The Hall–Kier alpha value is -2.17. The van der Waals surface area contributed by atoms with Crippen molar-refractivity contribution in [2.45, 2.75) is 30.3 Å². The maximum absolute atomic E-state index is 12.9. The largest absolute Gasteiger partial charge is 0.378 e. The molecule has 148 valence electrons. The second-order valence-corrected chi connectivity index (χ2v) is 9.39. The first kappa shape index (κ1) is 19.2. The third-order valence-electron chi connectivity index (χ3n) is 4.79. The summed E-state index contributed by atoms with van der Waals surface area (Å²) in [5.74, 6) is -0.900. The number of hydrogen-bond donors (Lipinski definition) is 2. The number of nitrogens with one attached hydrogen (secondary N) is 2. The van der Waals surface area contributed by atoms with E-state index in [4.69, 9.17) is 4.74 Å². The van der Waals surface area contributed by atoms with E-state index in [-0.39, 0.29) is 33.9 Å². The molecule has 1 atom stereocenters. The average molecular weight is 468 g/mol. The van der Waals surface area contributed by atoms with Crippen molar-refractivity contribution < 1.29 is 22.7 Å². The molecule has 2 aromatic rings. The van der Waals surface area contributed by atoms with E-state index in [1.54, 1.807) is 0 Å². The number of hydrogen-bond acceptors (Lipinski definition) is 5. The Kier molecular flexibility index (Phi) is 5.02. The molecule has 8 nitrogen and oxygen atoms in total. The first-order chi connectivity index (χ1) is 13.4. The predicted octanol–water partition coefficient (Wildman–Crippen LogP) is 2.35. The Morgan fingerprint density at radius 3 is 2.93 bits per heavy atom. The van der Waals surface area contributed by atoms with Crippen molar-refractivity contribution in [3.05, 3.63) is 46.2 Å². The van der Waals surface area contributed by atoms with Gasteiger partial charge >= 0.3 is 0 Å². The summed E-state index contributed by atoms with van der Waals surface area (Å²) in [6.07, 6.45) is 4.26. The lowest BCUT2D eigenvalue weighted by atomic mass is 10.1. The second kappa shape index (κ2) is 7.34. The van der Waals surface area contributed by atoms with Crippen LogP contribution in [0.5, 0.6) is 0 Å². The molecular formula is C18H18BrN3O5S. The molecule has 28 heavy (non-hydrogen) atoms. The molecule has 1 saturated heterocycles. The van der Waals surface area contributed by atoms with Crippen molar-refractivity contribution in [2.75, 3.05) is 18.5 Å². The molecule has 10 heteroatoms. The van der Waals surface area contributed by atoms with Crippen molar-refractivity contribution >= 4 is 43.5 Å². The summed E-state index contributed by atoms with van der Waals surface area (Å²) >= 11 is 3.19. The highest BCUT2D eigenvalue weighted by molar-refractivity contribution is 9.10. The summed E-state index contributed by atoms with van der Waals surface area (Å²) in [6, 6.07) is 5.58. The third kappa shape index (κ3) is 3.47. The van der Waals surface area contributed by atoms with Crippen molar-refractivity contribution in [1.82, 2.24) is 9.29 Å². The molecule has 0 radical (unpaired) electrons. The van der Waals surface area contributed by atoms with E-state index in [1.807, 2.05) is 0 Å². The van der Waals surface area contributed by atoms with Crippen LogP contribution in [0.15, 0.2) is 39.8 Å². The van der Waals surface area contributed by atoms with Gasteiger partial charge in [-0.3, -0.25) is 9.59 Å². The van der Waals surface area contributed by atoms with Crippen molar-refractivity contribution in [3.8, 4) is 0 Å². The first-order valence-corrected chi connectivity index (χ1v) is 11.1. The van der Waals surface area contributed by atoms with E-state index in [1.165, 1.54) is 30.5 Å². The molecule has 4 rings (SSSR count). The summed E-state index contributed by atoms with van der Waals surface area (Å²) in [5, 5.41) is 5.39. The fraction of sp³-hybridized carbons (Fsp3) is 0.333. The van der Waals surface area contributed by atoms with Crippen LogP contribution >= 0.6 is 15.9 Å². The van der Waals surface area contributed by atoms with Crippen LogP contribution in [0.1, 0.15) is 40.1 Å². The van der Waals surface area contributed by atoms with Crippen LogP contribution in [0.2, 0.25) is 0 Å². The molecule has 2 amide bonds. The number of carbonyl (C=O) groups is 2. The number of carbonyl (C=O) groups excluding carboxylic acids is 2. The fourth-order valence-corrected chi connectivity index (χ4v) is 5.43. The maximum atomic E-state index is 12.9. The van der Waals surface area contributed by atoms with Crippen LogP contribution in [0.4, 0.5) is 5.69 Å². The minimum atomic E-state index is -3.97. The van der Waals surface area contributed by atoms with Gasteiger partial charge in [0.05, 0.1) is 11.8 Å². The number of ether oxygens (including phenoxy) is 1. The lowest BCUT2D eigenvalue weighted by molar-refractivity contribution is 0.0906. The quantitative estimate of drug-likeness (QED) is 0.717. The number of nitrogens with zero attached hydrogens (tertiary/aromatic N) is 1. The monoisotopic (exact) mass is 467 g/mol. The van der Waals surface area contributed by atoms with Gasteiger partial charge in [-0.25, -0.2) is 12.4 Å². The zero-order valence-electron chi connectivity index (χ0n) is 14.8. The molecule has 1 aromatic heterocycles. The van der Waals surface area contributed by atoms with Crippen LogP contribution in [0, 0.1) is 0 Å². The highest BCUT2D eigenvalue weighted by Gasteiger charge is 2.31. The van der Waals surface area contributed by atoms with Crippen LogP contribution in [0.3, 0.4) is 0 Å². The molecular weight excluding hydrogens is 450 g/mol. The molecule has 2 N–H and O–H groups in total. The first-order valence-electron chi connectivity index (χ1n) is 8.85. The van der Waals surface area contributed by atoms with Crippen LogP contribution in [0.25, 0.3) is 0 Å². The zero-order valence-corrected chi connectivity index (χ0v) is 17.2. The lowest BCUT2D eigenvalue weighted by Crippen LogP contribution is -2.27. The van der Waals surface area contributed by atoms with E-state index in [0.717, 1.165) is 29.8 Å². The second-order valence-electron chi connectivity index (χ2n) is 6.69. The molecule has 1 aromatic carbocycles. The Morgan fingerprint density at radius 1 is 1.36 bits per heavy atom. The SMILES string of the molecule is O=C(NCCC1CCCO1)c1ccc2c(c1)NC(=O)c1cc(Br)cn1S2(=O)=O. The van der Waals surface area contributed by atoms with Gasteiger partial charge in [0.2, 0.25) is 0 Å². The highest BCUT2D eigenvalue weighted by atomic mass is 79.9. The lowest BCUT2D eigenvalue weighted by Gasteiger charge is -2.12. The van der Waals surface area contributed by atoms with Gasteiger partial charge in [0.15, 0.2) is 0 Å². The predicted molar refractivity (Wildman–Crippen MR) is 105 cm³/mol. The topological polar surface area (TPSA) is 106 Å². The van der Waals surface area contributed by atoms with Crippen LogP contribution in [-0.2, 0) is 14.8 Å². The fourth-order valence-electron chi connectivity index (χ4n) is 3.38. The van der Waals surface area contributed by atoms with Crippen molar-refractivity contribution in [3.63, 3.8) is 0 Å². The number of rotatable bonds is 4. The van der Waals surface area contributed by atoms with E-state index >= 15 is 0 Å². The average Bonchev–Trinajstić information content (AvgIpc) is 3.29. The van der Waals surface area contributed by atoms with Gasteiger partial charge in [-0.1, -0.05) is 0 Å². The summed E-state index contributed by atoms with van der Waals surface area (Å²) in [7, 11) is -3.97. The highest BCUT2D eigenvalue weighted by Crippen LogP contribution is 2.31.